The van der Waals surface area contributed by atoms with E-state index in [-0.39, 0.29) is 0 Å². The van der Waals surface area contributed by atoms with E-state index in [1.54, 1.807) is 12.1 Å². The third-order valence-corrected chi connectivity index (χ3v) is 7.47. The molecule has 1 heterocycles. The molecule has 3 nitrogen and oxygen atoms in total. The van der Waals surface area contributed by atoms with Crippen molar-refractivity contribution in [3.63, 3.8) is 0 Å². The molecule has 0 amide bonds. The van der Waals surface area contributed by atoms with E-state index in [1.165, 1.54) is 0 Å². The molecular weight excluding hydrogens is 327 g/mol. The lowest BCUT2D eigenvalue weighted by Crippen LogP contribution is -2.24. The Labute approximate surface area is 145 Å². The summed E-state index contributed by atoms with van der Waals surface area (Å²) in [6, 6.07) is 26.7. The van der Waals surface area contributed by atoms with Gasteiger partial charge in [0.05, 0.1) is 11.6 Å². The normalized spacial score (nSPS) is 11.3. The van der Waals surface area contributed by atoms with E-state index in [9.17, 15) is 4.57 Å². The lowest BCUT2D eigenvalue weighted by Gasteiger charge is -2.19. The molecule has 0 atom stereocenters. The van der Waals surface area contributed by atoms with Gasteiger partial charge >= 0.3 is 0 Å². The summed E-state index contributed by atoms with van der Waals surface area (Å²) >= 11 is 0. The zero-order valence-electron chi connectivity index (χ0n) is 13.4. The minimum absolute atomic E-state index is 0.579. The number of nitrogens with zero attached hydrogens (tertiary/aromatic N) is 1. The summed E-state index contributed by atoms with van der Waals surface area (Å²) in [5.41, 5.74) is 1.40. The van der Waals surface area contributed by atoms with Crippen LogP contribution in [0.25, 0.3) is 10.9 Å². The molecule has 4 aromatic rings. The zero-order valence-corrected chi connectivity index (χ0v) is 14.3. The Morgan fingerprint density at radius 3 is 2.00 bits per heavy atom. The number of hydrogen-bond donors (Lipinski definition) is 1. The number of rotatable bonds is 3. The summed E-state index contributed by atoms with van der Waals surface area (Å²) in [5.74, 6) is 0. The summed E-state index contributed by atoms with van der Waals surface area (Å²) in [4.78, 5) is 3.18. The Bertz CT molecular complexity index is 1080. The van der Waals surface area contributed by atoms with E-state index in [0.29, 0.717) is 5.56 Å². The van der Waals surface area contributed by atoms with Crippen LogP contribution in [0.1, 0.15) is 5.56 Å². The number of nitrogens with one attached hydrogen (secondary N) is 1. The summed E-state index contributed by atoms with van der Waals surface area (Å²) in [6.45, 7) is 0. The van der Waals surface area contributed by atoms with Crippen molar-refractivity contribution in [2.24, 2.45) is 0 Å². The van der Waals surface area contributed by atoms with E-state index >= 15 is 0 Å². The number of benzene rings is 3. The molecule has 4 heteroatoms. The van der Waals surface area contributed by atoms with Gasteiger partial charge in [0.15, 0.2) is 7.14 Å². The van der Waals surface area contributed by atoms with Gasteiger partial charge in [-0.15, -0.1) is 0 Å². The first-order chi connectivity index (χ1) is 12.2. The number of nitriles is 1. The smallest absolute Gasteiger partial charge is 0.173 e. The third kappa shape index (κ3) is 2.48. The summed E-state index contributed by atoms with van der Waals surface area (Å²) < 4.78 is 14.4. The largest absolute Gasteiger partial charge is 0.360 e. The lowest BCUT2D eigenvalue weighted by atomic mass is 10.2. The number of aromatic nitrogens is 1. The second-order valence-corrected chi connectivity index (χ2v) is 8.56. The van der Waals surface area contributed by atoms with Gasteiger partial charge in [-0.25, -0.2) is 0 Å². The highest BCUT2D eigenvalue weighted by Gasteiger charge is 2.31. The van der Waals surface area contributed by atoms with Crippen LogP contribution in [0.4, 0.5) is 0 Å². The van der Waals surface area contributed by atoms with Crippen LogP contribution in [0.2, 0.25) is 0 Å². The van der Waals surface area contributed by atoms with Crippen LogP contribution in [-0.2, 0) is 4.57 Å². The Morgan fingerprint density at radius 1 is 0.840 bits per heavy atom. The lowest BCUT2D eigenvalue weighted by molar-refractivity contribution is 0.592. The molecule has 120 valence electrons. The SMILES string of the molecule is N#Cc1ccc2c(P(=O)(c3ccccc3)c3ccccc3)c[nH]c2c1. The van der Waals surface area contributed by atoms with E-state index in [2.05, 4.69) is 11.1 Å². The van der Waals surface area contributed by atoms with Crippen molar-refractivity contribution in [2.75, 3.05) is 0 Å². The topological polar surface area (TPSA) is 56.6 Å². The van der Waals surface area contributed by atoms with Crippen LogP contribution in [0, 0.1) is 11.3 Å². The molecule has 1 N–H and O–H groups in total. The average molecular weight is 342 g/mol. The second-order valence-electron chi connectivity index (χ2n) is 5.83. The van der Waals surface area contributed by atoms with Gasteiger partial charge in [-0.1, -0.05) is 66.7 Å². The van der Waals surface area contributed by atoms with Gasteiger partial charge in [0.25, 0.3) is 0 Å². The van der Waals surface area contributed by atoms with Gasteiger partial charge in [-0.3, -0.25) is 0 Å². The maximum Gasteiger partial charge on any atom is 0.173 e. The van der Waals surface area contributed by atoms with Gasteiger partial charge in [-0.05, 0) is 12.1 Å². The minimum atomic E-state index is -3.01. The fourth-order valence-electron chi connectivity index (χ4n) is 3.14. The number of H-pyrrole nitrogens is 1. The summed E-state index contributed by atoms with van der Waals surface area (Å²) in [5, 5.41) is 12.3. The minimum Gasteiger partial charge on any atom is -0.360 e. The second kappa shape index (κ2) is 6.09. The van der Waals surface area contributed by atoms with Crippen LogP contribution in [-0.4, -0.2) is 4.98 Å². The van der Waals surface area contributed by atoms with Crippen LogP contribution < -0.4 is 15.9 Å². The molecule has 0 saturated carbocycles. The summed E-state index contributed by atoms with van der Waals surface area (Å²) in [6.07, 6.45) is 1.81. The molecule has 25 heavy (non-hydrogen) atoms. The maximum atomic E-state index is 14.4. The molecule has 0 fully saturated rings. The highest BCUT2D eigenvalue weighted by Crippen LogP contribution is 2.44. The molecule has 0 aliphatic rings. The Hall–Kier alpha value is -3.08. The molecule has 0 aliphatic heterocycles. The highest BCUT2D eigenvalue weighted by molar-refractivity contribution is 7.85. The number of fused-ring (bicyclic) bond motifs is 1. The van der Waals surface area contributed by atoms with Crippen molar-refractivity contribution < 1.29 is 4.57 Å². The van der Waals surface area contributed by atoms with E-state index in [1.807, 2.05) is 72.9 Å². The van der Waals surface area contributed by atoms with Crippen LogP contribution in [0.15, 0.2) is 85.1 Å². The van der Waals surface area contributed by atoms with Gasteiger partial charge in [-0.2, -0.15) is 5.26 Å². The molecule has 0 aliphatic carbocycles. The predicted molar refractivity (Wildman–Crippen MR) is 102 cm³/mol. The van der Waals surface area contributed by atoms with Crippen LogP contribution in [0.3, 0.4) is 0 Å². The zero-order chi connectivity index (χ0) is 17.3. The van der Waals surface area contributed by atoms with E-state index < -0.39 is 7.14 Å². The third-order valence-electron chi connectivity index (χ3n) is 4.37. The maximum absolute atomic E-state index is 14.4. The molecule has 0 bridgehead atoms. The number of hydrogen-bond acceptors (Lipinski definition) is 2. The van der Waals surface area contributed by atoms with Gasteiger partial charge in [0.2, 0.25) is 0 Å². The van der Waals surface area contributed by atoms with Crippen molar-refractivity contribution in [1.82, 2.24) is 4.98 Å². The van der Waals surface area contributed by atoms with Crippen molar-refractivity contribution in [3.05, 3.63) is 90.6 Å². The first-order valence-corrected chi connectivity index (χ1v) is 9.67. The molecule has 4 rings (SSSR count). The molecule has 0 saturated heterocycles. The number of aromatic amines is 1. The fourth-order valence-corrected chi connectivity index (χ4v) is 5.96. The van der Waals surface area contributed by atoms with E-state index in [0.717, 1.165) is 26.8 Å². The monoisotopic (exact) mass is 342 g/mol. The van der Waals surface area contributed by atoms with E-state index in [4.69, 9.17) is 5.26 Å². The Morgan fingerprint density at radius 2 is 1.44 bits per heavy atom. The van der Waals surface area contributed by atoms with Crippen molar-refractivity contribution in [2.45, 2.75) is 0 Å². The summed E-state index contributed by atoms with van der Waals surface area (Å²) in [7, 11) is -3.01. The van der Waals surface area contributed by atoms with Crippen LogP contribution in [0.5, 0.6) is 0 Å². The highest BCUT2D eigenvalue weighted by atomic mass is 31.2. The van der Waals surface area contributed by atoms with Gasteiger partial charge in [0, 0.05) is 33.0 Å². The molecule has 1 aromatic heterocycles. The first-order valence-electron chi connectivity index (χ1n) is 7.96. The van der Waals surface area contributed by atoms with Crippen molar-refractivity contribution in [3.8, 4) is 6.07 Å². The standard InChI is InChI=1S/C21H15N2OP/c22-14-16-11-12-19-20(13-16)23-15-21(19)25(24,17-7-3-1-4-8-17)18-9-5-2-6-10-18/h1-13,15,23H. The van der Waals surface area contributed by atoms with Gasteiger partial charge in [0.1, 0.15) is 0 Å². The first kappa shape index (κ1) is 15.4. The Balaban J connectivity index is 2.03. The van der Waals surface area contributed by atoms with Crippen molar-refractivity contribution >= 4 is 34.0 Å². The Kier molecular flexibility index (Phi) is 3.76. The molecule has 0 unspecified atom stereocenters. The molecular formula is C21H15N2OP. The van der Waals surface area contributed by atoms with Gasteiger partial charge < -0.3 is 9.55 Å². The quantitative estimate of drug-likeness (QED) is 0.578. The predicted octanol–water partition coefficient (Wildman–Crippen LogP) is 3.68. The molecule has 0 spiro atoms. The average Bonchev–Trinajstić information content (AvgIpc) is 3.12. The van der Waals surface area contributed by atoms with Crippen molar-refractivity contribution in [1.29, 1.82) is 5.26 Å². The molecule has 0 radical (unpaired) electrons. The van der Waals surface area contributed by atoms with Crippen LogP contribution >= 0.6 is 7.14 Å². The fraction of sp³-hybridized carbons (Fsp3) is 0. The molecule has 3 aromatic carbocycles.